The van der Waals surface area contributed by atoms with Crippen molar-refractivity contribution in [2.45, 2.75) is 69.1 Å². The van der Waals surface area contributed by atoms with Gasteiger partial charge in [0.1, 0.15) is 42.5 Å². The lowest BCUT2D eigenvalue weighted by Crippen LogP contribution is -2.61. The Morgan fingerprint density at radius 2 is 1.71 bits per heavy atom. The highest BCUT2D eigenvalue weighted by Crippen LogP contribution is 2.22. The molecule has 0 saturated carbocycles. The van der Waals surface area contributed by atoms with Crippen molar-refractivity contribution in [3.8, 4) is 0 Å². The van der Waals surface area contributed by atoms with Crippen LogP contribution in [0.1, 0.15) is 19.4 Å². The molecule has 0 spiro atoms. The number of hydrogen-bond donors (Lipinski definition) is 7. The van der Waals surface area contributed by atoms with E-state index in [9.17, 15) is 39.6 Å². The number of nitrogens with two attached hydrogens (primary N) is 1. The fourth-order valence-corrected chi connectivity index (χ4v) is 3.92. The number of amides is 4. The van der Waals surface area contributed by atoms with E-state index in [2.05, 4.69) is 10.6 Å². The Balaban J connectivity index is 2.24. The van der Waals surface area contributed by atoms with E-state index >= 15 is 0 Å². The highest BCUT2D eigenvalue weighted by molar-refractivity contribution is 5.93. The van der Waals surface area contributed by atoms with Crippen LogP contribution in [0.3, 0.4) is 0 Å². The molecule has 0 bridgehead atoms. The number of nitrogens with one attached hydrogen (secondary N) is 2. The van der Waals surface area contributed by atoms with E-state index in [1.165, 1.54) is 20.9 Å². The molecule has 0 aliphatic carbocycles. The number of aliphatic hydroxyl groups excluding tert-OH is 4. The summed E-state index contributed by atoms with van der Waals surface area (Å²) in [4.78, 5) is 50.8. The molecule has 1 fully saturated rings. The summed E-state index contributed by atoms with van der Waals surface area (Å²) in [5.74, 6) is -2.80. The van der Waals surface area contributed by atoms with E-state index in [4.69, 9.17) is 15.2 Å². The first kappa shape index (κ1) is 31.1. The molecule has 0 unspecified atom stereocenters. The summed E-state index contributed by atoms with van der Waals surface area (Å²) in [6, 6.07) is 5.20. The molecule has 1 saturated heterocycles. The standard InChI is InChI=1S/C24H36N4O10/c1-12(26-13(2)30)23(36)28(3)16(11-37-24-20(33)19(32)18(31)17(10-29)38-24)22(35)27-15(21(25)34)9-14-7-5-4-6-8-14/h4-8,12,15-20,24,29,31-33H,9-11H2,1-3H3,(H2,25,34)(H,26,30)(H,27,35)/t12-,15-,16-,17+,18-,19-,20+,24+/m0/s1. The Morgan fingerprint density at radius 1 is 1.08 bits per heavy atom. The number of ether oxygens (including phenoxy) is 2. The number of carbonyl (C=O) groups excluding carboxylic acids is 4. The lowest BCUT2D eigenvalue weighted by Gasteiger charge is -2.40. The van der Waals surface area contributed by atoms with Crippen LogP contribution in [0, 0.1) is 0 Å². The van der Waals surface area contributed by atoms with Gasteiger partial charge in [-0.3, -0.25) is 19.2 Å². The first-order chi connectivity index (χ1) is 17.9. The second-order valence-corrected chi connectivity index (χ2v) is 9.07. The molecule has 212 valence electrons. The third-order valence-electron chi connectivity index (χ3n) is 6.12. The van der Waals surface area contributed by atoms with Gasteiger partial charge in [-0.25, -0.2) is 0 Å². The number of nitrogens with zero attached hydrogens (tertiary/aromatic N) is 1. The van der Waals surface area contributed by atoms with Crippen LogP contribution in [0.15, 0.2) is 30.3 Å². The summed E-state index contributed by atoms with van der Waals surface area (Å²) in [6.45, 7) is 1.34. The van der Waals surface area contributed by atoms with E-state index in [1.807, 2.05) is 0 Å². The number of rotatable bonds is 12. The van der Waals surface area contributed by atoms with Gasteiger partial charge in [-0.15, -0.1) is 0 Å². The van der Waals surface area contributed by atoms with E-state index in [0.717, 1.165) is 10.5 Å². The molecular formula is C24H36N4O10. The molecule has 1 aliphatic heterocycles. The average molecular weight is 541 g/mol. The van der Waals surface area contributed by atoms with Crippen LogP contribution in [0.5, 0.6) is 0 Å². The minimum atomic E-state index is -1.74. The van der Waals surface area contributed by atoms with Gasteiger partial charge in [0.2, 0.25) is 23.6 Å². The monoisotopic (exact) mass is 540 g/mol. The smallest absolute Gasteiger partial charge is 0.245 e. The van der Waals surface area contributed by atoms with Gasteiger partial charge in [0.25, 0.3) is 0 Å². The molecule has 1 heterocycles. The molecule has 8 atom stereocenters. The largest absolute Gasteiger partial charge is 0.394 e. The zero-order valence-corrected chi connectivity index (χ0v) is 21.4. The van der Waals surface area contributed by atoms with Crippen LogP contribution < -0.4 is 16.4 Å². The van der Waals surface area contributed by atoms with Crippen molar-refractivity contribution in [2.24, 2.45) is 5.73 Å². The van der Waals surface area contributed by atoms with Crippen LogP contribution in [0.4, 0.5) is 0 Å². The maximum Gasteiger partial charge on any atom is 0.245 e. The molecule has 8 N–H and O–H groups in total. The molecular weight excluding hydrogens is 504 g/mol. The van der Waals surface area contributed by atoms with Gasteiger partial charge in [0.15, 0.2) is 6.29 Å². The first-order valence-electron chi connectivity index (χ1n) is 12.0. The van der Waals surface area contributed by atoms with Crippen LogP contribution in [0.2, 0.25) is 0 Å². The molecule has 4 amide bonds. The topological polar surface area (TPSA) is 221 Å². The summed E-state index contributed by atoms with van der Waals surface area (Å²) in [7, 11) is 1.28. The first-order valence-corrected chi connectivity index (χ1v) is 12.0. The molecule has 14 nitrogen and oxygen atoms in total. The third kappa shape index (κ3) is 8.18. The Kier molecular flexibility index (Phi) is 11.6. The predicted molar refractivity (Wildman–Crippen MR) is 131 cm³/mol. The lowest BCUT2D eigenvalue weighted by molar-refractivity contribution is -0.302. The highest BCUT2D eigenvalue weighted by atomic mass is 16.7. The normalized spacial score (nSPS) is 25.5. The average Bonchev–Trinajstić information content (AvgIpc) is 2.87. The van der Waals surface area contributed by atoms with Crippen molar-refractivity contribution in [1.82, 2.24) is 15.5 Å². The maximum absolute atomic E-state index is 13.3. The van der Waals surface area contributed by atoms with Crippen LogP contribution in [-0.2, 0) is 35.1 Å². The highest BCUT2D eigenvalue weighted by Gasteiger charge is 2.45. The number of primary amides is 1. The fraction of sp³-hybridized carbons (Fsp3) is 0.583. The number of benzene rings is 1. The Hall–Kier alpha value is -3.14. The van der Waals surface area contributed by atoms with Crippen LogP contribution in [0.25, 0.3) is 0 Å². The fourth-order valence-electron chi connectivity index (χ4n) is 3.92. The summed E-state index contributed by atoms with van der Waals surface area (Å²) < 4.78 is 10.8. The van der Waals surface area contributed by atoms with E-state index in [-0.39, 0.29) is 6.42 Å². The summed E-state index contributed by atoms with van der Waals surface area (Å²) in [5, 5.41) is 44.5. The lowest BCUT2D eigenvalue weighted by atomic mass is 9.99. The van der Waals surface area contributed by atoms with Crippen molar-refractivity contribution in [2.75, 3.05) is 20.3 Å². The second-order valence-electron chi connectivity index (χ2n) is 9.07. The zero-order valence-electron chi connectivity index (χ0n) is 21.4. The maximum atomic E-state index is 13.3. The molecule has 1 aromatic carbocycles. The van der Waals surface area contributed by atoms with E-state index in [1.54, 1.807) is 30.3 Å². The van der Waals surface area contributed by atoms with Gasteiger partial charge >= 0.3 is 0 Å². The van der Waals surface area contributed by atoms with E-state index < -0.39 is 85.7 Å². The Morgan fingerprint density at radius 3 is 2.26 bits per heavy atom. The molecule has 0 radical (unpaired) electrons. The molecule has 1 aliphatic rings. The number of aliphatic hydroxyl groups is 4. The second kappa shape index (κ2) is 14.1. The SMILES string of the molecule is CC(=O)N[C@@H](C)C(=O)N(C)[C@@H](CO[C@@H]1O[C@H](CO)[C@H](O)[C@H](O)[C@H]1O)C(=O)N[C@@H](Cc1ccccc1)C(N)=O. The van der Waals surface area contributed by atoms with Gasteiger partial charge < -0.3 is 51.2 Å². The minimum absolute atomic E-state index is 0.0716. The zero-order chi connectivity index (χ0) is 28.6. The summed E-state index contributed by atoms with van der Waals surface area (Å²) in [6.07, 6.45) is -7.84. The molecule has 0 aromatic heterocycles. The van der Waals surface area contributed by atoms with Crippen molar-refractivity contribution in [3.05, 3.63) is 35.9 Å². The summed E-state index contributed by atoms with van der Waals surface area (Å²) >= 11 is 0. The number of likely N-dealkylation sites (N-methyl/N-ethyl adjacent to an activating group) is 1. The minimum Gasteiger partial charge on any atom is -0.394 e. The van der Waals surface area contributed by atoms with Gasteiger partial charge in [0, 0.05) is 20.4 Å². The van der Waals surface area contributed by atoms with Crippen molar-refractivity contribution in [1.29, 1.82) is 0 Å². The number of hydrogen-bond acceptors (Lipinski definition) is 10. The van der Waals surface area contributed by atoms with Crippen molar-refractivity contribution < 1.29 is 49.1 Å². The van der Waals surface area contributed by atoms with Gasteiger partial charge in [0.05, 0.1) is 13.2 Å². The number of carbonyl (C=O) groups is 4. The van der Waals surface area contributed by atoms with Gasteiger partial charge in [-0.1, -0.05) is 30.3 Å². The van der Waals surface area contributed by atoms with Gasteiger partial charge in [-0.2, -0.15) is 0 Å². The molecule has 1 aromatic rings. The predicted octanol–water partition coefficient (Wildman–Crippen LogP) is -3.63. The molecule has 14 heteroatoms. The van der Waals surface area contributed by atoms with Crippen LogP contribution >= 0.6 is 0 Å². The van der Waals surface area contributed by atoms with Crippen LogP contribution in [-0.4, -0.2) is 118 Å². The molecule has 38 heavy (non-hydrogen) atoms. The van der Waals surface area contributed by atoms with Crippen molar-refractivity contribution in [3.63, 3.8) is 0 Å². The Bertz CT molecular complexity index is 963. The quantitative estimate of drug-likeness (QED) is 0.138. The molecule has 2 rings (SSSR count). The van der Waals surface area contributed by atoms with E-state index in [0.29, 0.717) is 0 Å². The Labute approximate surface area is 219 Å². The third-order valence-corrected chi connectivity index (χ3v) is 6.12. The summed E-state index contributed by atoms with van der Waals surface area (Å²) in [5.41, 5.74) is 6.22. The van der Waals surface area contributed by atoms with Crippen molar-refractivity contribution >= 4 is 23.6 Å². The van der Waals surface area contributed by atoms with Gasteiger partial charge in [-0.05, 0) is 12.5 Å².